The summed E-state index contributed by atoms with van der Waals surface area (Å²) in [5.41, 5.74) is -2.06. The van der Waals surface area contributed by atoms with E-state index in [9.17, 15) is 14.0 Å². The highest BCUT2D eigenvalue weighted by molar-refractivity contribution is 6.29. The fraction of sp³-hybridized carbons (Fsp3) is 0.231. The lowest BCUT2D eigenvalue weighted by atomic mass is 9.94. The van der Waals surface area contributed by atoms with Crippen molar-refractivity contribution in [3.63, 3.8) is 0 Å². The number of hydrogen-bond donors (Lipinski definition) is 1. The molecule has 0 aliphatic heterocycles. The number of H-pyrrole nitrogens is 1. The molecule has 0 aliphatic rings. The van der Waals surface area contributed by atoms with E-state index in [4.69, 9.17) is 11.6 Å². The summed E-state index contributed by atoms with van der Waals surface area (Å²) in [6.07, 6.45) is 0. The van der Waals surface area contributed by atoms with E-state index in [-0.39, 0.29) is 0 Å². The van der Waals surface area contributed by atoms with Crippen molar-refractivity contribution in [1.29, 1.82) is 0 Å². The van der Waals surface area contributed by atoms with Gasteiger partial charge in [0, 0.05) is 0 Å². The molecule has 100 valence electrons. The van der Waals surface area contributed by atoms with Crippen LogP contribution in [0.5, 0.6) is 0 Å². The lowest BCUT2D eigenvalue weighted by molar-refractivity contribution is 0.386. The fourth-order valence-electron chi connectivity index (χ4n) is 1.97. The molecule has 19 heavy (non-hydrogen) atoms. The number of rotatable bonds is 2. The Morgan fingerprint density at radius 3 is 2.37 bits per heavy atom. The van der Waals surface area contributed by atoms with Crippen molar-refractivity contribution in [1.82, 2.24) is 9.55 Å². The van der Waals surface area contributed by atoms with Gasteiger partial charge in [0.05, 0.1) is 5.54 Å². The lowest BCUT2D eigenvalue weighted by Crippen LogP contribution is -2.48. The highest BCUT2D eigenvalue weighted by atomic mass is 35.5. The van der Waals surface area contributed by atoms with Gasteiger partial charge >= 0.3 is 5.69 Å². The van der Waals surface area contributed by atoms with Crippen molar-refractivity contribution in [2.75, 3.05) is 0 Å². The molecular weight excluding hydrogens is 271 g/mol. The van der Waals surface area contributed by atoms with Crippen LogP contribution in [0.15, 0.2) is 39.9 Å². The van der Waals surface area contributed by atoms with Crippen LogP contribution in [0.1, 0.15) is 19.4 Å². The molecule has 2 aromatic rings. The number of benzene rings is 1. The highest BCUT2D eigenvalue weighted by Gasteiger charge is 2.28. The fourth-order valence-corrected chi connectivity index (χ4v) is 2.13. The summed E-state index contributed by atoms with van der Waals surface area (Å²) in [6, 6.07) is 8.90. The Bertz CT molecular complexity index is 720. The second kappa shape index (κ2) is 4.66. The lowest BCUT2D eigenvalue weighted by Gasteiger charge is -2.27. The first kappa shape index (κ1) is 13.5. The summed E-state index contributed by atoms with van der Waals surface area (Å²) in [5.74, 6) is -1.16. The Hall–Kier alpha value is -1.88. The van der Waals surface area contributed by atoms with E-state index in [1.807, 2.05) is 6.07 Å². The Labute approximate surface area is 113 Å². The second-order valence-corrected chi connectivity index (χ2v) is 5.00. The van der Waals surface area contributed by atoms with Gasteiger partial charge in [0.1, 0.15) is 0 Å². The number of nitrogens with zero attached hydrogens (tertiary/aromatic N) is 1. The first-order valence-electron chi connectivity index (χ1n) is 5.62. The van der Waals surface area contributed by atoms with Crippen LogP contribution in [0, 0.1) is 5.82 Å². The minimum atomic E-state index is -1.16. The smallest absolute Gasteiger partial charge is 0.295 e. The van der Waals surface area contributed by atoms with E-state index >= 15 is 0 Å². The van der Waals surface area contributed by atoms with E-state index in [0.717, 1.165) is 4.57 Å². The SMILES string of the molecule is CC(C)(c1ccccc1)n1c(=O)[nH]c(Cl)c(F)c1=O. The molecular formula is C13H12ClFN2O2. The Morgan fingerprint density at radius 1 is 1.21 bits per heavy atom. The molecule has 0 bridgehead atoms. The normalized spacial score (nSPS) is 11.6. The Morgan fingerprint density at radius 2 is 1.79 bits per heavy atom. The third-order valence-electron chi connectivity index (χ3n) is 3.04. The zero-order valence-corrected chi connectivity index (χ0v) is 11.2. The predicted octanol–water partition coefficient (Wildman–Crippen LogP) is 2.11. The molecule has 0 saturated carbocycles. The summed E-state index contributed by atoms with van der Waals surface area (Å²) in [5, 5.41) is -0.574. The molecule has 0 radical (unpaired) electrons. The molecule has 1 N–H and O–H groups in total. The average Bonchev–Trinajstić information content (AvgIpc) is 2.37. The van der Waals surface area contributed by atoms with E-state index in [1.54, 1.807) is 38.1 Å². The van der Waals surface area contributed by atoms with Gasteiger partial charge in [-0.2, -0.15) is 4.39 Å². The van der Waals surface area contributed by atoms with Gasteiger partial charge in [-0.1, -0.05) is 41.9 Å². The van der Waals surface area contributed by atoms with Crippen LogP contribution < -0.4 is 11.2 Å². The molecule has 6 heteroatoms. The van der Waals surface area contributed by atoms with Gasteiger partial charge in [0.2, 0.25) is 5.82 Å². The second-order valence-electron chi connectivity index (χ2n) is 4.62. The standard InChI is InChI=1S/C13H12ClFN2O2/c1-13(2,8-6-4-3-5-7-8)17-11(18)9(15)10(14)16-12(17)19/h3-7H,1-2H3,(H,16,19). The molecule has 1 heterocycles. The molecule has 4 nitrogen and oxygen atoms in total. The number of nitrogens with one attached hydrogen (secondary N) is 1. The van der Waals surface area contributed by atoms with Gasteiger partial charge < -0.3 is 0 Å². The van der Waals surface area contributed by atoms with Crippen molar-refractivity contribution in [3.8, 4) is 0 Å². The maximum atomic E-state index is 13.6. The predicted molar refractivity (Wildman–Crippen MR) is 71.2 cm³/mol. The zero-order chi connectivity index (χ0) is 14.2. The molecule has 1 aromatic heterocycles. The van der Waals surface area contributed by atoms with Crippen LogP contribution in [-0.2, 0) is 5.54 Å². The molecule has 0 saturated heterocycles. The first-order valence-corrected chi connectivity index (χ1v) is 6.00. The zero-order valence-electron chi connectivity index (χ0n) is 10.4. The van der Waals surface area contributed by atoms with Gasteiger partial charge in [0.25, 0.3) is 5.56 Å². The first-order chi connectivity index (χ1) is 8.85. The van der Waals surface area contributed by atoms with Crippen LogP contribution in [0.25, 0.3) is 0 Å². The largest absolute Gasteiger partial charge is 0.330 e. The van der Waals surface area contributed by atoms with Crippen LogP contribution >= 0.6 is 11.6 Å². The third kappa shape index (κ3) is 2.21. The maximum Gasteiger partial charge on any atom is 0.330 e. The molecule has 0 atom stereocenters. The Kier molecular flexibility index (Phi) is 3.32. The number of aromatic nitrogens is 2. The Balaban J connectivity index is 2.76. The van der Waals surface area contributed by atoms with Crippen molar-refractivity contribution in [2.24, 2.45) is 0 Å². The van der Waals surface area contributed by atoms with E-state index in [0.29, 0.717) is 5.56 Å². The summed E-state index contributed by atoms with van der Waals surface area (Å²) >= 11 is 5.44. The average molecular weight is 283 g/mol. The van der Waals surface area contributed by atoms with Gasteiger partial charge in [-0.25, -0.2) is 9.36 Å². The van der Waals surface area contributed by atoms with Gasteiger partial charge in [-0.05, 0) is 19.4 Å². The molecule has 0 aliphatic carbocycles. The van der Waals surface area contributed by atoms with Crippen molar-refractivity contribution < 1.29 is 4.39 Å². The molecule has 2 rings (SSSR count). The monoisotopic (exact) mass is 282 g/mol. The van der Waals surface area contributed by atoms with Crippen LogP contribution in [0.2, 0.25) is 5.15 Å². The van der Waals surface area contributed by atoms with Crippen LogP contribution in [0.4, 0.5) is 4.39 Å². The van der Waals surface area contributed by atoms with Crippen molar-refractivity contribution >= 4 is 11.6 Å². The van der Waals surface area contributed by atoms with Gasteiger partial charge in [-0.15, -0.1) is 0 Å². The quantitative estimate of drug-likeness (QED) is 0.858. The number of aromatic amines is 1. The number of hydrogen-bond acceptors (Lipinski definition) is 2. The molecule has 1 aromatic carbocycles. The molecule has 0 fully saturated rings. The van der Waals surface area contributed by atoms with Gasteiger partial charge in [-0.3, -0.25) is 9.78 Å². The number of halogens is 2. The summed E-state index contributed by atoms with van der Waals surface area (Å²) in [4.78, 5) is 25.9. The molecule has 0 amide bonds. The molecule has 0 unspecified atom stereocenters. The van der Waals surface area contributed by atoms with Crippen LogP contribution in [0.3, 0.4) is 0 Å². The minimum Gasteiger partial charge on any atom is -0.295 e. The van der Waals surface area contributed by atoms with Gasteiger partial charge in [0.15, 0.2) is 5.15 Å². The summed E-state index contributed by atoms with van der Waals surface area (Å²) in [7, 11) is 0. The van der Waals surface area contributed by atoms with Crippen molar-refractivity contribution in [2.45, 2.75) is 19.4 Å². The minimum absolute atomic E-state index is 0.574. The van der Waals surface area contributed by atoms with Crippen LogP contribution in [-0.4, -0.2) is 9.55 Å². The third-order valence-corrected chi connectivity index (χ3v) is 3.30. The van der Waals surface area contributed by atoms with E-state index in [1.165, 1.54) is 0 Å². The maximum absolute atomic E-state index is 13.6. The molecule has 0 spiro atoms. The summed E-state index contributed by atoms with van der Waals surface area (Å²) < 4.78 is 14.4. The van der Waals surface area contributed by atoms with E-state index < -0.39 is 27.8 Å². The summed E-state index contributed by atoms with van der Waals surface area (Å²) in [6.45, 7) is 3.32. The van der Waals surface area contributed by atoms with E-state index in [2.05, 4.69) is 4.98 Å². The highest BCUT2D eigenvalue weighted by Crippen LogP contribution is 2.22. The topological polar surface area (TPSA) is 54.9 Å². The van der Waals surface area contributed by atoms with Crippen molar-refractivity contribution in [3.05, 3.63) is 67.7 Å².